The van der Waals surface area contributed by atoms with Crippen molar-refractivity contribution in [3.63, 3.8) is 0 Å². The maximum Gasteiger partial charge on any atom is 0.0892 e. The molecule has 1 unspecified atom stereocenters. The number of rotatable bonds is 6. The molecule has 1 aromatic heterocycles. The van der Waals surface area contributed by atoms with Crippen LogP contribution in [-0.4, -0.2) is 28.7 Å². The first kappa shape index (κ1) is 13.4. The monoisotopic (exact) mass is 249 g/mol. The van der Waals surface area contributed by atoms with Gasteiger partial charge in [0.15, 0.2) is 0 Å². The molecule has 2 rings (SSSR count). The van der Waals surface area contributed by atoms with Crippen molar-refractivity contribution in [2.45, 2.75) is 51.2 Å². The summed E-state index contributed by atoms with van der Waals surface area (Å²) in [5.41, 5.74) is 0.899. The lowest BCUT2D eigenvalue weighted by Gasteiger charge is -2.37. The van der Waals surface area contributed by atoms with Gasteiger partial charge in [-0.1, -0.05) is 19.8 Å². The van der Waals surface area contributed by atoms with Gasteiger partial charge in [0.1, 0.15) is 0 Å². The van der Waals surface area contributed by atoms with Gasteiger partial charge in [0.05, 0.1) is 23.5 Å². The highest BCUT2D eigenvalue weighted by atomic mass is 16.5. The normalized spacial score (nSPS) is 19.9. The van der Waals surface area contributed by atoms with Gasteiger partial charge in [0.2, 0.25) is 0 Å². The van der Waals surface area contributed by atoms with Gasteiger partial charge in [0, 0.05) is 19.0 Å². The Morgan fingerprint density at radius 3 is 2.67 bits per heavy atom. The van der Waals surface area contributed by atoms with Gasteiger partial charge in [0.25, 0.3) is 0 Å². The van der Waals surface area contributed by atoms with E-state index in [1.165, 1.54) is 12.8 Å². The van der Waals surface area contributed by atoms with Crippen molar-refractivity contribution < 1.29 is 4.74 Å². The number of hydrogen-bond acceptors (Lipinski definition) is 4. The molecule has 1 aliphatic carbocycles. The molecular weight excluding hydrogens is 226 g/mol. The number of nitrogens with zero attached hydrogens (tertiary/aromatic N) is 2. The van der Waals surface area contributed by atoms with Crippen molar-refractivity contribution >= 4 is 0 Å². The lowest BCUT2D eigenvalue weighted by Crippen LogP contribution is -2.44. The van der Waals surface area contributed by atoms with Gasteiger partial charge in [-0.2, -0.15) is 0 Å². The molecule has 0 aliphatic heterocycles. The second-order valence-corrected chi connectivity index (χ2v) is 4.83. The fourth-order valence-electron chi connectivity index (χ4n) is 3.00. The van der Waals surface area contributed by atoms with Crippen molar-refractivity contribution in [2.75, 3.05) is 13.2 Å². The predicted molar refractivity (Wildman–Crippen MR) is 71.3 cm³/mol. The minimum absolute atomic E-state index is 0.0964. The summed E-state index contributed by atoms with van der Waals surface area (Å²) in [5.74, 6) is 0. The number of aromatic nitrogens is 2. The molecule has 0 amide bonds. The molecule has 1 aliphatic rings. The van der Waals surface area contributed by atoms with Crippen LogP contribution in [0, 0.1) is 0 Å². The quantitative estimate of drug-likeness (QED) is 0.841. The predicted octanol–water partition coefficient (Wildman–Crippen LogP) is 2.48. The van der Waals surface area contributed by atoms with E-state index in [2.05, 4.69) is 29.1 Å². The van der Waals surface area contributed by atoms with Gasteiger partial charge in [-0.25, -0.2) is 0 Å². The average molecular weight is 249 g/mol. The molecule has 0 saturated heterocycles. The highest BCUT2D eigenvalue weighted by Crippen LogP contribution is 2.42. The van der Waals surface area contributed by atoms with Crippen LogP contribution in [0.15, 0.2) is 18.6 Å². The highest BCUT2D eigenvalue weighted by Gasteiger charge is 2.43. The third-order valence-electron chi connectivity index (χ3n) is 3.69. The van der Waals surface area contributed by atoms with Crippen LogP contribution in [-0.2, 0) is 4.74 Å². The second kappa shape index (κ2) is 6.25. The second-order valence-electron chi connectivity index (χ2n) is 4.83. The first-order chi connectivity index (χ1) is 8.82. The zero-order valence-corrected chi connectivity index (χ0v) is 11.4. The lowest BCUT2D eigenvalue weighted by molar-refractivity contribution is -0.0633. The Morgan fingerprint density at radius 2 is 2.11 bits per heavy atom. The lowest BCUT2D eigenvalue weighted by atomic mass is 9.89. The van der Waals surface area contributed by atoms with Crippen molar-refractivity contribution in [1.82, 2.24) is 15.3 Å². The Morgan fingerprint density at radius 1 is 1.33 bits per heavy atom. The Bertz CT molecular complexity index is 349. The SMILES string of the molecule is CCNC(c1cnccn1)C1(OCC)CCCC1. The summed E-state index contributed by atoms with van der Waals surface area (Å²) < 4.78 is 6.13. The van der Waals surface area contributed by atoms with E-state index in [1.54, 1.807) is 12.4 Å². The third-order valence-corrected chi connectivity index (χ3v) is 3.69. The van der Waals surface area contributed by atoms with Crippen LogP contribution in [0.2, 0.25) is 0 Å². The zero-order chi connectivity index (χ0) is 12.8. The average Bonchev–Trinajstić information content (AvgIpc) is 2.87. The van der Waals surface area contributed by atoms with Crippen molar-refractivity contribution in [3.8, 4) is 0 Å². The van der Waals surface area contributed by atoms with E-state index in [0.717, 1.165) is 31.7 Å². The minimum atomic E-state index is -0.0964. The van der Waals surface area contributed by atoms with E-state index in [4.69, 9.17) is 4.74 Å². The highest BCUT2D eigenvalue weighted by molar-refractivity contribution is 5.12. The maximum absolute atomic E-state index is 6.13. The summed E-state index contributed by atoms with van der Waals surface area (Å²) in [5, 5.41) is 3.54. The third kappa shape index (κ3) is 2.70. The van der Waals surface area contributed by atoms with Crippen LogP contribution in [0.4, 0.5) is 0 Å². The van der Waals surface area contributed by atoms with Crippen molar-refractivity contribution in [1.29, 1.82) is 0 Å². The molecule has 1 saturated carbocycles. The molecule has 100 valence electrons. The molecule has 1 fully saturated rings. The number of ether oxygens (including phenoxy) is 1. The van der Waals surface area contributed by atoms with Gasteiger partial charge in [-0.05, 0) is 26.3 Å². The van der Waals surface area contributed by atoms with Crippen LogP contribution >= 0.6 is 0 Å². The topological polar surface area (TPSA) is 47.0 Å². The van der Waals surface area contributed by atoms with Gasteiger partial charge in [-0.3, -0.25) is 9.97 Å². The minimum Gasteiger partial charge on any atom is -0.373 e. The van der Waals surface area contributed by atoms with E-state index >= 15 is 0 Å². The standard InChI is InChI=1S/C14H23N3O/c1-3-16-13(12-11-15-9-10-17-12)14(18-4-2)7-5-6-8-14/h9-11,13,16H,3-8H2,1-2H3. The molecule has 4 nitrogen and oxygen atoms in total. The van der Waals surface area contributed by atoms with Crippen molar-refractivity contribution in [3.05, 3.63) is 24.3 Å². The van der Waals surface area contributed by atoms with Gasteiger partial charge in [-0.15, -0.1) is 0 Å². The van der Waals surface area contributed by atoms with Crippen LogP contribution in [0.3, 0.4) is 0 Å². The molecular formula is C14H23N3O. The molecule has 0 bridgehead atoms. The molecule has 0 spiro atoms. The fraction of sp³-hybridized carbons (Fsp3) is 0.714. The smallest absolute Gasteiger partial charge is 0.0892 e. The van der Waals surface area contributed by atoms with Gasteiger partial charge >= 0.3 is 0 Å². The Balaban J connectivity index is 2.27. The molecule has 0 aromatic carbocycles. The van der Waals surface area contributed by atoms with Crippen LogP contribution < -0.4 is 5.32 Å². The summed E-state index contributed by atoms with van der Waals surface area (Å²) in [6.45, 7) is 5.86. The van der Waals surface area contributed by atoms with Crippen molar-refractivity contribution in [2.24, 2.45) is 0 Å². The molecule has 1 aromatic rings. The number of hydrogen-bond donors (Lipinski definition) is 1. The summed E-state index contributed by atoms with van der Waals surface area (Å²) >= 11 is 0. The first-order valence-corrected chi connectivity index (χ1v) is 6.95. The molecule has 1 heterocycles. The molecule has 18 heavy (non-hydrogen) atoms. The van der Waals surface area contributed by atoms with E-state index in [1.807, 2.05) is 6.20 Å². The number of nitrogens with one attached hydrogen (secondary N) is 1. The fourth-order valence-corrected chi connectivity index (χ4v) is 3.00. The van der Waals surface area contributed by atoms with Crippen LogP contribution in [0.25, 0.3) is 0 Å². The van der Waals surface area contributed by atoms with Crippen LogP contribution in [0.1, 0.15) is 51.3 Å². The molecule has 4 heteroatoms. The van der Waals surface area contributed by atoms with Gasteiger partial charge < -0.3 is 10.1 Å². The van der Waals surface area contributed by atoms with E-state index < -0.39 is 0 Å². The summed E-state index contributed by atoms with van der Waals surface area (Å²) in [6.07, 6.45) is 10.0. The first-order valence-electron chi connectivity index (χ1n) is 6.95. The molecule has 1 atom stereocenters. The summed E-state index contributed by atoms with van der Waals surface area (Å²) in [4.78, 5) is 8.66. The largest absolute Gasteiger partial charge is 0.373 e. The Kier molecular flexibility index (Phi) is 4.66. The Labute approximate surface area is 109 Å². The van der Waals surface area contributed by atoms with E-state index in [9.17, 15) is 0 Å². The molecule has 0 radical (unpaired) electrons. The summed E-state index contributed by atoms with van der Waals surface area (Å²) in [7, 11) is 0. The Hall–Kier alpha value is -1.00. The van der Waals surface area contributed by atoms with E-state index in [-0.39, 0.29) is 11.6 Å². The van der Waals surface area contributed by atoms with Crippen LogP contribution in [0.5, 0.6) is 0 Å². The summed E-state index contributed by atoms with van der Waals surface area (Å²) in [6, 6.07) is 0.152. The zero-order valence-electron chi connectivity index (χ0n) is 11.4. The maximum atomic E-state index is 6.13. The molecule has 1 N–H and O–H groups in total. The number of likely N-dealkylation sites (N-methyl/N-ethyl adjacent to an activating group) is 1. The van der Waals surface area contributed by atoms with E-state index in [0.29, 0.717) is 0 Å².